The fourth-order valence-corrected chi connectivity index (χ4v) is 6.03. The Morgan fingerprint density at radius 2 is 1.68 bits per heavy atom. The minimum absolute atomic E-state index is 0.125. The second-order valence-electron chi connectivity index (χ2n) is 9.45. The highest BCUT2D eigenvalue weighted by molar-refractivity contribution is 6.06. The highest BCUT2D eigenvalue weighted by atomic mass is 16.5. The highest BCUT2D eigenvalue weighted by Gasteiger charge is 2.63. The lowest BCUT2D eigenvalue weighted by molar-refractivity contribution is 0.0951. The number of benzene rings is 4. The van der Waals surface area contributed by atoms with Gasteiger partial charge in [0, 0.05) is 22.7 Å². The Morgan fingerprint density at radius 3 is 2.43 bits per heavy atom. The van der Waals surface area contributed by atoms with Gasteiger partial charge in [-0.15, -0.1) is 0 Å². The first-order chi connectivity index (χ1) is 18.1. The molecule has 0 unspecified atom stereocenters. The Hall–Kier alpha value is -4.87. The van der Waals surface area contributed by atoms with Crippen LogP contribution in [0.1, 0.15) is 27.4 Å². The molecule has 0 saturated carbocycles. The van der Waals surface area contributed by atoms with E-state index in [4.69, 9.17) is 4.74 Å². The van der Waals surface area contributed by atoms with E-state index in [1.807, 2.05) is 83.8 Å². The Morgan fingerprint density at radius 1 is 0.919 bits per heavy atom. The van der Waals surface area contributed by atoms with Crippen molar-refractivity contribution in [3.63, 3.8) is 0 Å². The molecule has 0 aliphatic carbocycles. The van der Waals surface area contributed by atoms with E-state index < -0.39 is 23.4 Å². The van der Waals surface area contributed by atoms with E-state index in [9.17, 15) is 15.3 Å². The molecule has 0 bridgehead atoms. The third-order valence-corrected chi connectivity index (χ3v) is 7.69. The van der Waals surface area contributed by atoms with Gasteiger partial charge in [0.25, 0.3) is 0 Å². The molecular weight excluding hydrogens is 458 g/mol. The van der Waals surface area contributed by atoms with Crippen LogP contribution in [0, 0.1) is 28.1 Å². The van der Waals surface area contributed by atoms with Crippen molar-refractivity contribution in [2.75, 3.05) is 12.0 Å². The summed E-state index contributed by atoms with van der Waals surface area (Å²) in [5, 5.41) is 23.4. The highest BCUT2D eigenvalue weighted by Crippen LogP contribution is 2.56. The summed E-state index contributed by atoms with van der Waals surface area (Å²) in [4.78, 5) is 16.3. The molecule has 0 N–H and O–H groups in total. The van der Waals surface area contributed by atoms with Crippen LogP contribution in [0.15, 0.2) is 97.1 Å². The molecule has 4 aromatic rings. The van der Waals surface area contributed by atoms with Crippen molar-refractivity contribution < 1.29 is 9.53 Å². The third-order valence-electron chi connectivity index (χ3n) is 7.69. The maximum Gasteiger partial charge on any atom is 0.185 e. The van der Waals surface area contributed by atoms with Crippen LogP contribution in [0.5, 0.6) is 5.75 Å². The van der Waals surface area contributed by atoms with E-state index in [1.165, 1.54) is 0 Å². The first-order valence-electron chi connectivity index (χ1n) is 12.2. The lowest BCUT2D eigenvalue weighted by Gasteiger charge is -2.36. The Balaban J connectivity index is 1.65. The molecule has 4 aromatic carbocycles. The second-order valence-corrected chi connectivity index (χ2v) is 9.45. The molecule has 1 saturated heterocycles. The van der Waals surface area contributed by atoms with Gasteiger partial charge in [-0.25, -0.2) is 0 Å². The number of ketones is 1. The number of carbonyl (C=O) groups is 1. The van der Waals surface area contributed by atoms with Crippen LogP contribution in [0.2, 0.25) is 0 Å². The fourth-order valence-electron chi connectivity index (χ4n) is 6.03. The fraction of sp³-hybridized carbons (Fsp3) is 0.156. The molecule has 6 rings (SSSR count). The number of nitrogens with zero attached hydrogens (tertiary/aromatic N) is 3. The molecule has 5 nitrogen and oxygen atoms in total. The van der Waals surface area contributed by atoms with Crippen LogP contribution in [0.4, 0.5) is 5.69 Å². The molecule has 178 valence electrons. The third kappa shape index (κ3) is 3.25. The lowest BCUT2D eigenvalue weighted by atomic mass is 9.69. The van der Waals surface area contributed by atoms with Gasteiger partial charge in [0.2, 0.25) is 0 Å². The monoisotopic (exact) mass is 481 g/mol. The number of nitriles is 2. The van der Waals surface area contributed by atoms with Gasteiger partial charge in [0.15, 0.2) is 11.2 Å². The number of fused-ring (bicyclic) bond motifs is 5. The number of Topliss-reactive ketones (excluding diaryl/α,β-unsaturated/α-hetero) is 1. The van der Waals surface area contributed by atoms with Crippen molar-refractivity contribution >= 4 is 28.3 Å². The summed E-state index contributed by atoms with van der Waals surface area (Å²) < 4.78 is 5.48. The maximum atomic E-state index is 14.3. The van der Waals surface area contributed by atoms with Crippen LogP contribution in [-0.4, -0.2) is 25.0 Å². The van der Waals surface area contributed by atoms with Gasteiger partial charge in [-0.2, -0.15) is 10.5 Å². The number of anilines is 1. The van der Waals surface area contributed by atoms with Gasteiger partial charge in [-0.05, 0) is 34.5 Å². The second kappa shape index (κ2) is 8.66. The normalized spacial score (nSPS) is 20.9. The summed E-state index contributed by atoms with van der Waals surface area (Å²) in [7, 11) is 1.58. The van der Waals surface area contributed by atoms with Gasteiger partial charge in [0.1, 0.15) is 11.8 Å². The molecule has 5 heteroatoms. The van der Waals surface area contributed by atoms with Gasteiger partial charge in [0.05, 0.1) is 25.3 Å². The van der Waals surface area contributed by atoms with Crippen LogP contribution in [0.25, 0.3) is 16.8 Å². The van der Waals surface area contributed by atoms with E-state index in [0.29, 0.717) is 11.3 Å². The van der Waals surface area contributed by atoms with Crippen molar-refractivity contribution in [2.24, 2.45) is 5.41 Å². The quantitative estimate of drug-likeness (QED) is 0.328. The van der Waals surface area contributed by atoms with E-state index in [0.717, 1.165) is 27.6 Å². The SMILES string of the molecule is COc1cccc([C@@H]2[C@H](C(=O)c3ccccc3)N3c4ccc5ccccc5c4C=C[C@H]3C2(C#N)C#N)c1. The smallest absolute Gasteiger partial charge is 0.185 e. The van der Waals surface area contributed by atoms with Crippen molar-refractivity contribution in [3.8, 4) is 17.9 Å². The summed E-state index contributed by atoms with van der Waals surface area (Å²) >= 11 is 0. The first kappa shape index (κ1) is 22.6. The molecule has 0 amide bonds. The predicted octanol–water partition coefficient (Wildman–Crippen LogP) is 6.13. The molecule has 0 aromatic heterocycles. The van der Waals surface area contributed by atoms with Crippen molar-refractivity contribution in [1.29, 1.82) is 10.5 Å². The molecule has 2 aliphatic heterocycles. The van der Waals surface area contributed by atoms with Crippen molar-refractivity contribution in [3.05, 3.63) is 114 Å². The summed E-state index contributed by atoms with van der Waals surface area (Å²) in [6.45, 7) is 0. The minimum atomic E-state index is -1.50. The van der Waals surface area contributed by atoms with E-state index in [-0.39, 0.29) is 5.78 Å². The number of ether oxygens (including phenoxy) is 1. The zero-order chi connectivity index (χ0) is 25.6. The Kier molecular flexibility index (Phi) is 5.29. The molecule has 2 heterocycles. The van der Waals surface area contributed by atoms with Crippen molar-refractivity contribution in [1.82, 2.24) is 0 Å². The molecule has 2 aliphatic rings. The lowest BCUT2D eigenvalue weighted by Crippen LogP contribution is -2.44. The topological polar surface area (TPSA) is 77.1 Å². The van der Waals surface area contributed by atoms with Crippen molar-refractivity contribution in [2.45, 2.75) is 18.0 Å². The van der Waals surface area contributed by atoms with Crippen LogP contribution < -0.4 is 9.64 Å². The minimum Gasteiger partial charge on any atom is -0.497 e. The van der Waals surface area contributed by atoms with Crippen LogP contribution in [-0.2, 0) is 0 Å². The Bertz CT molecular complexity index is 1630. The predicted molar refractivity (Wildman–Crippen MR) is 143 cm³/mol. The summed E-state index contributed by atoms with van der Waals surface area (Å²) in [5.41, 5.74) is 1.60. The van der Waals surface area contributed by atoms with Gasteiger partial charge in [-0.1, -0.05) is 84.9 Å². The van der Waals surface area contributed by atoms with Crippen LogP contribution in [0.3, 0.4) is 0 Å². The largest absolute Gasteiger partial charge is 0.497 e. The Labute approximate surface area is 215 Å². The van der Waals surface area contributed by atoms with E-state index in [2.05, 4.69) is 24.3 Å². The zero-order valence-corrected chi connectivity index (χ0v) is 20.2. The van der Waals surface area contributed by atoms with Crippen LogP contribution >= 0.6 is 0 Å². The maximum absolute atomic E-state index is 14.3. The number of hydrogen-bond acceptors (Lipinski definition) is 5. The number of rotatable bonds is 4. The van der Waals surface area contributed by atoms with E-state index in [1.54, 1.807) is 19.2 Å². The molecule has 0 spiro atoms. The van der Waals surface area contributed by atoms with Gasteiger partial charge in [-0.3, -0.25) is 4.79 Å². The van der Waals surface area contributed by atoms with Gasteiger partial charge >= 0.3 is 0 Å². The number of methoxy groups -OCH3 is 1. The summed E-state index contributed by atoms with van der Waals surface area (Å²) in [6, 6.07) is 32.0. The first-order valence-corrected chi connectivity index (χ1v) is 12.2. The zero-order valence-electron chi connectivity index (χ0n) is 20.2. The average Bonchev–Trinajstić information content (AvgIpc) is 3.28. The number of carbonyl (C=O) groups excluding carboxylic acids is 1. The molecular formula is C32H23N3O2. The number of hydrogen-bond donors (Lipinski definition) is 0. The van der Waals surface area contributed by atoms with Gasteiger partial charge < -0.3 is 9.64 Å². The molecule has 0 radical (unpaired) electrons. The molecule has 3 atom stereocenters. The summed E-state index contributed by atoms with van der Waals surface area (Å²) in [6.07, 6.45) is 3.92. The average molecular weight is 482 g/mol. The molecule has 1 fully saturated rings. The molecule has 37 heavy (non-hydrogen) atoms. The van der Waals surface area contributed by atoms with E-state index >= 15 is 0 Å². The standard InChI is InChI=1S/C32H23N3O2/c1-37-24-12-7-11-23(18-24)29-30(31(36)22-9-3-2-4-10-22)35-27-16-14-21-8-5-6-13-25(21)26(27)15-17-28(35)32(29,19-33)20-34/h2-18,28-30H,1H3/t28-,29+,30+/m0/s1. The summed E-state index contributed by atoms with van der Waals surface area (Å²) in [5.74, 6) is -0.224.